The van der Waals surface area contributed by atoms with Gasteiger partial charge in [0, 0.05) is 0 Å². The van der Waals surface area contributed by atoms with Gasteiger partial charge >= 0.3 is 6.16 Å². The first-order chi connectivity index (χ1) is 9.33. The SMILES string of the molecule is CCCCCCCCCOC(=O)OC1CCCCN1. The van der Waals surface area contributed by atoms with Crippen LogP contribution in [0.2, 0.25) is 0 Å². The zero-order valence-corrected chi connectivity index (χ0v) is 12.3. The molecule has 0 aromatic rings. The molecule has 1 N–H and O–H groups in total. The molecule has 1 saturated heterocycles. The zero-order chi connectivity index (χ0) is 13.8. The van der Waals surface area contributed by atoms with Crippen molar-refractivity contribution in [2.45, 2.75) is 77.4 Å². The van der Waals surface area contributed by atoms with Gasteiger partial charge in [-0.15, -0.1) is 0 Å². The first-order valence-electron chi connectivity index (χ1n) is 7.89. The maximum atomic E-state index is 11.4. The van der Waals surface area contributed by atoms with E-state index in [-0.39, 0.29) is 6.23 Å². The minimum Gasteiger partial charge on any atom is -0.434 e. The first-order valence-corrected chi connectivity index (χ1v) is 7.89. The van der Waals surface area contributed by atoms with Crippen molar-refractivity contribution in [1.82, 2.24) is 5.32 Å². The molecule has 0 aromatic carbocycles. The summed E-state index contributed by atoms with van der Waals surface area (Å²) in [6.45, 7) is 3.63. The number of carbonyl (C=O) groups is 1. The minimum atomic E-state index is -0.523. The molecule has 4 nitrogen and oxygen atoms in total. The van der Waals surface area contributed by atoms with Gasteiger partial charge in [-0.05, 0) is 32.2 Å². The quantitative estimate of drug-likeness (QED) is 0.509. The van der Waals surface area contributed by atoms with Gasteiger partial charge in [0.1, 0.15) is 0 Å². The predicted octanol–water partition coefficient (Wildman–Crippen LogP) is 3.99. The van der Waals surface area contributed by atoms with E-state index >= 15 is 0 Å². The van der Waals surface area contributed by atoms with E-state index in [1.807, 2.05) is 0 Å². The monoisotopic (exact) mass is 271 g/mol. The normalized spacial score (nSPS) is 19.1. The Morgan fingerprint density at radius 2 is 1.84 bits per heavy atom. The fourth-order valence-corrected chi connectivity index (χ4v) is 2.29. The second-order valence-electron chi connectivity index (χ2n) is 5.28. The van der Waals surface area contributed by atoms with E-state index < -0.39 is 6.16 Å². The summed E-state index contributed by atoms with van der Waals surface area (Å²) in [4.78, 5) is 11.4. The van der Waals surface area contributed by atoms with Crippen LogP contribution in [0, 0.1) is 0 Å². The molecule has 4 heteroatoms. The van der Waals surface area contributed by atoms with Crippen LogP contribution in [-0.2, 0) is 9.47 Å². The summed E-state index contributed by atoms with van der Waals surface area (Å²) in [7, 11) is 0. The third kappa shape index (κ3) is 8.87. The van der Waals surface area contributed by atoms with Crippen LogP contribution >= 0.6 is 0 Å². The molecule has 1 unspecified atom stereocenters. The highest BCUT2D eigenvalue weighted by Gasteiger charge is 2.17. The van der Waals surface area contributed by atoms with Crippen molar-refractivity contribution in [2.24, 2.45) is 0 Å². The van der Waals surface area contributed by atoms with Crippen molar-refractivity contribution in [1.29, 1.82) is 0 Å². The number of hydrogen-bond donors (Lipinski definition) is 1. The lowest BCUT2D eigenvalue weighted by Crippen LogP contribution is -2.37. The Morgan fingerprint density at radius 1 is 1.11 bits per heavy atom. The lowest BCUT2D eigenvalue weighted by Gasteiger charge is -2.22. The van der Waals surface area contributed by atoms with Gasteiger partial charge in [0.15, 0.2) is 6.23 Å². The van der Waals surface area contributed by atoms with E-state index in [9.17, 15) is 4.79 Å². The molecule has 1 rings (SSSR count). The Kier molecular flexibility index (Phi) is 9.51. The molecule has 1 aliphatic heterocycles. The van der Waals surface area contributed by atoms with Gasteiger partial charge < -0.3 is 9.47 Å². The van der Waals surface area contributed by atoms with Crippen molar-refractivity contribution in [2.75, 3.05) is 13.2 Å². The molecule has 0 bridgehead atoms. The number of rotatable bonds is 9. The van der Waals surface area contributed by atoms with Crippen LogP contribution in [0.15, 0.2) is 0 Å². The molecule has 0 aliphatic carbocycles. The summed E-state index contributed by atoms with van der Waals surface area (Å²) in [6, 6.07) is 0. The Labute approximate surface area is 117 Å². The number of ether oxygens (including phenoxy) is 2. The van der Waals surface area contributed by atoms with E-state index in [1.165, 1.54) is 32.1 Å². The Morgan fingerprint density at radius 3 is 2.53 bits per heavy atom. The molecule has 1 heterocycles. The number of unbranched alkanes of at least 4 members (excludes halogenated alkanes) is 6. The Bertz CT molecular complexity index is 227. The van der Waals surface area contributed by atoms with Crippen LogP contribution in [0.3, 0.4) is 0 Å². The molecule has 0 spiro atoms. The molecule has 1 aliphatic rings. The number of piperidine rings is 1. The highest BCUT2D eigenvalue weighted by molar-refractivity contribution is 5.60. The summed E-state index contributed by atoms with van der Waals surface area (Å²) in [6.07, 6.45) is 11.1. The standard InChI is InChI=1S/C15H29NO3/c1-2-3-4-5-6-7-10-13-18-15(17)19-14-11-8-9-12-16-14/h14,16H,2-13H2,1H3. The molecule has 0 amide bonds. The van der Waals surface area contributed by atoms with Gasteiger partial charge in [0.2, 0.25) is 0 Å². The van der Waals surface area contributed by atoms with Crippen molar-refractivity contribution in [3.05, 3.63) is 0 Å². The van der Waals surface area contributed by atoms with Crippen LogP contribution < -0.4 is 5.32 Å². The van der Waals surface area contributed by atoms with Crippen LogP contribution in [0.5, 0.6) is 0 Å². The lowest BCUT2D eigenvalue weighted by atomic mass is 10.1. The largest absolute Gasteiger partial charge is 0.509 e. The summed E-state index contributed by atoms with van der Waals surface area (Å²) in [5.41, 5.74) is 0. The summed E-state index contributed by atoms with van der Waals surface area (Å²) in [5.74, 6) is 0. The smallest absolute Gasteiger partial charge is 0.434 e. The second kappa shape index (κ2) is 11.1. The molecule has 1 atom stereocenters. The topological polar surface area (TPSA) is 47.6 Å². The van der Waals surface area contributed by atoms with E-state index in [0.29, 0.717) is 6.61 Å². The third-order valence-corrected chi connectivity index (χ3v) is 3.47. The van der Waals surface area contributed by atoms with E-state index in [1.54, 1.807) is 0 Å². The second-order valence-corrected chi connectivity index (χ2v) is 5.28. The molecule has 1 fully saturated rings. The Balaban J connectivity index is 1.87. The fourth-order valence-electron chi connectivity index (χ4n) is 2.29. The summed E-state index contributed by atoms with van der Waals surface area (Å²) >= 11 is 0. The molecule has 0 saturated carbocycles. The average molecular weight is 271 g/mol. The highest BCUT2D eigenvalue weighted by atomic mass is 16.7. The molecule has 19 heavy (non-hydrogen) atoms. The summed E-state index contributed by atoms with van der Waals surface area (Å²) in [5, 5.41) is 3.16. The van der Waals surface area contributed by atoms with E-state index in [2.05, 4.69) is 12.2 Å². The van der Waals surface area contributed by atoms with Gasteiger partial charge in [0.05, 0.1) is 6.61 Å². The van der Waals surface area contributed by atoms with Crippen LogP contribution in [-0.4, -0.2) is 25.5 Å². The maximum Gasteiger partial charge on any atom is 0.509 e. The van der Waals surface area contributed by atoms with Crippen LogP contribution in [0.4, 0.5) is 4.79 Å². The zero-order valence-electron chi connectivity index (χ0n) is 12.3. The number of nitrogens with one attached hydrogen (secondary N) is 1. The minimum absolute atomic E-state index is 0.143. The van der Waals surface area contributed by atoms with Crippen molar-refractivity contribution < 1.29 is 14.3 Å². The predicted molar refractivity (Wildman–Crippen MR) is 76.1 cm³/mol. The molecular weight excluding hydrogens is 242 g/mol. The first kappa shape index (κ1) is 16.3. The summed E-state index contributed by atoms with van der Waals surface area (Å²) < 4.78 is 10.3. The molecular formula is C15H29NO3. The van der Waals surface area contributed by atoms with Gasteiger partial charge in [-0.2, -0.15) is 0 Å². The fraction of sp³-hybridized carbons (Fsp3) is 0.933. The van der Waals surface area contributed by atoms with Gasteiger partial charge in [-0.1, -0.05) is 45.4 Å². The Hall–Kier alpha value is -0.770. The van der Waals surface area contributed by atoms with Gasteiger partial charge in [-0.3, -0.25) is 5.32 Å². The highest BCUT2D eigenvalue weighted by Crippen LogP contribution is 2.10. The number of carbonyl (C=O) groups excluding carboxylic acids is 1. The van der Waals surface area contributed by atoms with Gasteiger partial charge in [0.25, 0.3) is 0 Å². The third-order valence-electron chi connectivity index (χ3n) is 3.47. The number of hydrogen-bond acceptors (Lipinski definition) is 4. The molecule has 112 valence electrons. The lowest BCUT2D eigenvalue weighted by molar-refractivity contribution is 0.00166. The molecule has 0 radical (unpaired) electrons. The van der Waals surface area contributed by atoms with E-state index in [4.69, 9.17) is 9.47 Å². The maximum absolute atomic E-state index is 11.4. The van der Waals surface area contributed by atoms with Crippen molar-refractivity contribution in [3.8, 4) is 0 Å². The van der Waals surface area contributed by atoms with Crippen LogP contribution in [0.25, 0.3) is 0 Å². The van der Waals surface area contributed by atoms with Gasteiger partial charge in [-0.25, -0.2) is 4.79 Å². The van der Waals surface area contributed by atoms with E-state index in [0.717, 1.165) is 38.6 Å². The average Bonchev–Trinajstić information content (AvgIpc) is 2.43. The molecule has 0 aromatic heterocycles. The van der Waals surface area contributed by atoms with Crippen LogP contribution in [0.1, 0.15) is 71.1 Å². The van der Waals surface area contributed by atoms with Crippen molar-refractivity contribution >= 4 is 6.16 Å². The van der Waals surface area contributed by atoms with Crippen molar-refractivity contribution in [3.63, 3.8) is 0 Å².